The van der Waals surface area contributed by atoms with Crippen LogP contribution in [0.25, 0.3) is 0 Å². The monoisotopic (exact) mass is 274 g/mol. The fourth-order valence-electron chi connectivity index (χ4n) is 1.57. The van der Waals surface area contributed by atoms with Crippen molar-refractivity contribution in [2.75, 3.05) is 5.32 Å². The number of carbonyl (C=O) groups is 1. The Morgan fingerprint density at radius 2 is 2.18 bits per heavy atom. The van der Waals surface area contributed by atoms with E-state index < -0.39 is 5.54 Å². The van der Waals surface area contributed by atoms with E-state index in [0.717, 1.165) is 12.8 Å². The van der Waals surface area contributed by atoms with Crippen molar-refractivity contribution in [3.05, 3.63) is 16.5 Å². The quantitative estimate of drug-likeness (QED) is 0.651. The van der Waals surface area contributed by atoms with Gasteiger partial charge < -0.3 is 11.1 Å². The van der Waals surface area contributed by atoms with Gasteiger partial charge in [0.2, 0.25) is 11.2 Å². The van der Waals surface area contributed by atoms with Crippen LogP contribution in [-0.2, 0) is 4.79 Å². The number of nitrogens with one attached hydrogen (secondary N) is 1. The van der Waals surface area contributed by atoms with E-state index in [1.54, 1.807) is 6.92 Å². The Labute approximate surface area is 109 Å². The van der Waals surface area contributed by atoms with Crippen molar-refractivity contribution in [2.24, 2.45) is 11.7 Å². The molecule has 1 aliphatic carbocycles. The van der Waals surface area contributed by atoms with Crippen LogP contribution in [0.4, 0.5) is 5.82 Å². The summed E-state index contributed by atoms with van der Waals surface area (Å²) in [7, 11) is 0. The Morgan fingerprint density at radius 1 is 1.53 bits per heavy atom. The first-order valence-corrected chi connectivity index (χ1v) is 5.95. The van der Waals surface area contributed by atoms with Gasteiger partial charge >= 0.3 is 0 Å². The maximum Gasteiger partial charge on any atom is 0.245 e. The van der Waals surface area contributed by atoms with E-state index in [9.17, 15) is 4.79 Å². The van der Waals surface area contributed by atoms with Gasteiger partial charge in [-0.3, -0.25) is 4.79 Å². The van der Waals surface area contributed by atoms with E-state index in [0.29, 0.717) is 0 Å². The van der Waals surface area contributed by atoms with Gasteiger partial charge in [0.05, 0.1) is 5.54 Å². The Hall–Kier alpha value is -0.910. The van der Waals surface area contributed by atoms with Crippen LogP contribution < -0.4 is 11.1 Å². The molecule has 5 nitrogen and oxygen atoms in total. The Kier molecular flexibility index (Phi) is 3.25. The van der Waals surface area contributed by atoms with Crippen molar-refractivity contribution in [2.45, 2.75) is 25.3 Å². The highest BCUT2D eigenvalue weighted by Crippen LogP contribution is 2.38. The van der Waals surface area contributed by atoms with Crippen LogP contribution in [0.5, 0.6) is 0 Å². The van der Waals surface area contributed by atoms with Crippen LogP contribution in [-0.4, -0.2) is 21.4 Å². The summed E-state index contributed by atoms with van der Waals surface area (Å²) in [4.78, 5) is 19.5. The van der Waals surface area contributed by atoms with E-state index in [2.05, 4.69) is 15.3 Å². The van der Waals surface area contributed by atoms with Gasteiger partial charge in [0, 0.05) is 6.07 Å². The number of anilines is 1. The third-order valence-corrected chi connectivity index (χ3v) is 3.19. The molecule has 1 aliphatic rings. The number of aromatic nitrogens is 2. The first-order valence-electron chi connectivity index (χ1n) is 5.20. The van der Waals surface area contributed by atoms with Gasteiger partial charge in [-0.1, -0.05) is 11.6 Å². The predicted octanol–water partition coefficient (Wildman–Crippen LogP) is 1.85. The number of nitrogens with zero attached hydrogens (tertiary/aromatic N) is 2. The van der Waals surface area contributed by atoms with Gasteiger partial charge in [-0.25, -0.2) is 9.97 Å². The number of carbonyl (C=O) groups excluding carboxylic acids is 1. The van der Waals surface area contributed by atoms with Crippen LogP contribution >= 0.6 is 23.2 Å². The molecule has 0 saturated heterocycles. The number of rotatable bonds is 3. The summed E-state index contributed by atoms with van der Waals surface area (Å²) >= 11 is 11.3. The normalized spacial score (nSPS) is 18.6. The van der Waals surface area contributed by atoms with Gasteiger partial charge in [-0.05, 0) is 37.3 Å². The summed E-state index contributed by atoms with van der Waals surface area (Å²) in [5.74, 6) is 0.207. The molecular weight excluding hydrogens is 263 g/mol. The molecule has 17 heavy (non-hydrogen) atoms. The molecule has 1 aromatic rings. The second-order valence-electron chi connectivity index (χ2n) is 4.36. The molecule has 0 aliphatic heterocycles. The summed E-state index contributed by atoms with van der Waals surface area (Å²) in [5, 5.41) is 2.76. The lowest BCUT2D eigenvalue weighted by atomic mass is 9.96. The number of hydrogen-bond acceptors (Lipinski definition) is 4. The second kappa shape index (κ2) is 4.40. The summed E-state index contributed by atoms with van der Waals surface area (Å²) in [6, 6.07) is 1.42. The van der Waals surface area contributed by atoms with Crippen molar-refractivity contribution >= 4 is 34.9 Å². The van der Waals surface area contributed by atoms with E-state index in [1.165, 1.54) is 6.07 Å². The highest BCUT2D eigenvalue weighted by atomic mass is 35.5. The molecule has 0 bridgehead atoms. The third kappa shape index (κ3) is 2.86. The zero-order chi connectivity index (χ0) is 12.6. The van der Waals surface area contributed by atoms with Crippen LogP contribution in [0.1, 0.15) is 19.8 Å². The molecule has 92 valence electrons. The summed E-state index contributed by atoms with van der Waals surface area (Å²) in [5.41, 5.74) is 5.08. The van der Waals surface area contributed by atoms with Crippen LogP contribution in [0.3, 0.4) is 0 Å². The standard InChI is InChI=1S/C10H12Cl2N4O/c1-10(13,5-2-3-5)8(17)15-7-4-6(11)14-9(12)16-7/h4-5H,2-3,13H2,1H3,(H,14,15,16,17). The van der Waals surface area contributed by atoms with E-state index in [-0.39, 0.29) is 28.1 Å². The van der Waals surface area contributed by atoms with Crippen LogP contribution in [0.15, 0.2) is 6.07 Å². The first kappa shape index (κ1) is 12.5. The molecule has 2 rings (SSSR count). The number of halogens is 2. The molecule has 1 heterocycles. The molecule has 3 N–H and O–H groups in total. The van der Waals surface area contributed by atoms with Gasteiger partial charge in [0.15, 0.2) is 0 Å². The summed E-state index contributed by atoms with van der Waals surface area (Å²) in [6.45, 7) is 1.71. The van der Waals surface area contributed by atoms with Gasteiger partial charge in [0.1, 0.15) is 11.0 Å². The number of nitrogens with two attached hydrogens (primary N) is 1. The average molecular weight is 275 g/mol. The number of amides is 1. The molecule has 0 radical (unpaired) electrons. The highest BCUT2D eigenvalue weighted by molar-refractivity contribution is 6.32. The number of hydrogen-bond donors (Lipinski definition) is 2. The smallest absolute Gasteiger partial charge is 0.245 e. The molecule has 1 atom stereocenters. The van der Waals surface area contributed by atoms with E-state index in [1.807, 2.05) is 0 Å². The molecule has 1 fully saturated rings. The minimum Gasteiger partial charge on any atom is -0.317 e. The minimum atomic E-state index is -0.885. The fraction of sp³-hybridized carbons (Fsp3) is 0.500. The SMILES string of the molecule is CC(N)(C(=O)Nc1cc(Cl)nc(Cl)n1)C1CC1. The molecule has 0 spiro atoms. The largest absolute Gasteiger partial charge is 0.317 e. The zero-order valence-corrected chi connectivity index (χ0v) is 10.7. The van der Waals surface area contributed by atoms with Crippen LogP contribution in [0.2, 0.25) is 10.4 Å². The molecule has 1 saturated carbocycles. The molecule has 1 aromatic heterocycles. The molecule has 0 aromatic carbocycles. The van der Waals surface area contributed by atoms with E-state index in [4.69, 9.17) is 28.9 Å². The maximum absolute atomic E-state index is 12.0. The summed E-state index contributed by atoms with van der Waals surface area (Å²) in [6.07, 6.45) is 1.96. The van der Waals surface area contributed by atoms with Crippen molar-refractivity contribution in [3.8, 4) is 0 Å². The Morgan fingerprint density at radius 3 is 2.71 bits per heavy atom. The molecule has 1 amide bonds. The molecule has 1 unspecified atom stereocenters. The van der Waals surface area contributed by atoms with E-state index >= 15 is 0 Å². The lowest BCUT2D eigenvalue weighted by Gasteiger charge is -2.22. The van der Waals surface area contributed by atoms with Crippen molar-refractivity contribution < 1.29 is 4.79 Å². The lowest BCUT2D eigenvalue weighted by molar-refractivity contribution is -0.121. The first-order chi connectivity index (χ1) is 7.89. The lowest BCUT2D eigenvalue weighted by Crippen LogP contribution is -2.50. The second-order valence-corrected chi connectivity index (χ2v) is 5.08. The van der Waals surface area contributed by atoms with Crippen molar-refractivity contribution in [1.82, 2.24) is 9.97 Å². The predicted molar refractivity (Wildman–Crippen MR) is 66.0 cm³/mol. The van der Waals surface area contributed by atoms with Gasteiger partial charge in [0.25, 0.3) is 0 Å². The maximum atomic E-state index is 12.0. The Balaban J connectivity index is 2.12. The fourth-order valence-corrected chi connectivity index (χ4v) is 1.98. The third-order valence-electron chi connectivity index (χ3n) is 2.82. The highest BCUT2D eigenvalue weighted by Gasteiger charge is 2.44. The van der Waals surface area contributed by atoms with Crippen LogP contribution in [0, 0.1) is 5.92 Å². The van der Waals surface area contributed by atoms with Crippen molar-refractivity contribution in [3.63, 3.8) is 0 Å². The van der Waals surface area contributed by atoms with Gasteiger partial charge in [-0.15, -0.1) is 0 Å². The zero-order valence-electron chi connectivity index (χ0n) is 9.20. The van der Waals surface area contributed by atoms with Gasteiger partial charge in [-0.2, -0.15) is 0 Å². The average Bonchev–Trinajstić information content (AvgIpc) is 2.98. The molecular formula is C10H12Cl2N4O. The summed E-state index contributed by atoms with van der Waals surface area (Å²) < 4.78 is 0. The minimum absolute atomic E-state index is 0.0158. The topological polar surface area (TPSA) is 80.9 Å². The Bertz CT molecular complexity index is 439. The molecule has 7 heteroatoms. The van der Waals surface area contributed by atoms with Crippen molar-refractivity contribution in [1.29, 1.82) is 0 Å².